The van der Waals surface area contributed by atoms with Gasteiger partial charge in [-0.2, -0.15) is 0 Å². The Morgan fingerprint density at radius 1 is 0.773 bits per heavy atom. The summed E-state index contributed by atoms with van der Waals surface area (Å²) >= 11 is 0. The van der Waals surface area contributed by atoms with Gasteiger partial charge in [0.05, 0.1) is 0 Å². The zero-order chi connectivity index (χ0) is 15.8. The van der Waals surface area contributed by atoms with Crippen LogP contribution in [0.4, 0.5) is 0 Å². The minimum absolute atomic E-state index is 0.333. The predicted molar refractivity (Wildman–Crippen MR) is 90.4 cm³/mol. The van der Waals surface area contributed by atoms with Gasteiger partial charge in [-0.1, -0.05) is 31.2 Å². The van der Waals surface area contributed by atoms with Crippen molar-refractivity contribution in [1.29, 1.82) is 0 Å². The van der Waals surface area contributed by atoms with E-state index < -0.39 is 0 Å². The summed E-state index contributed by atoms with van der Waals surface area (Å²) in [6, 6.07) is 15.0. The number of hydrogen-bond donors (Lipinski definition) is 2. The Labute approximate surface area is 132 Å². The maximum absolute atomic E-state index is 9.52. The van der Waals surface area contributed by atoms with Crippen LogP contribution in [0.5, 0.6) is 11.5 Å². The fraction of sp³-hybridized carbons (Fsp3) is 0.368. The lowest BCUT2D eigenvalue weighted by Gasteiger charge is -2.21. The predicted octanol–water partition coefficient (Wildman–Crippen LogP) is 3.60. The van der Waals surface area contributed by atoms with Gasteiger partial charge < -0.3 is 15.1 Å². The van der Waals surface area contributed by atoms with Crippen molar-refractivity contribution in [2.45, 2.75) is 26.2 Å². The largest absolute Gasteiger partial charge is 0.508 e. The monoisotopic (exact) mass is 299 g/mol. The van der Waals surface area contributed by atoms with Crippen LogP contribution in [0.15, 0.2) is 48.5 Å². The third kappa shape index (κ3) is 5.41. The number of aromatic hydroxyl groups is 2. The summed E-state index contributed by atoms with van der Waals surface area (Å²) in [6.07, 6.45) is 3.00. The summed E-state index contributed by atoms with van der Waals surface area (Å²) in [4.78, 5) is 2.44. The number of benzene rings is 2. The fourth-order valence-corrected chi connectivity index (χ4v) is 2.65. The molecule has 0 heterocycles. The average Bonchev–Trinajstić information content (AvgIpc) is 2.50. The van der Waals surface area contributed by atoms with Crippen molar-refractivity contribution in [2.24, 2.45) is 0 Å². The molecule has 0 amide bonds. The van der Waals surface area contributed by atoms with Crippen molar-refractivity contribution < 1.29 is 10.2 Å². The van der Waals surface area contributed by atoms with Crippen LogP contribution in [0.25, 0.3) is 0 Å². The van der Waals surface area contributed by atoms with Crippen LogP contribution in [-0.2, 0) is 12.8 Å². The van der Waals surface area contributed by atoms with E-state index in [4.69, 9.17) is 0 Å². The highest BCUT2D eigenvalue weighted by Crippen LogP contribution is 2.14. The lowest BCUT2D eigenvalue weighted by atomic mass is 10.1. The van der Waals surface area contributed by atoms with E-state index in [1.54, 1.807) is 12.1 Å². The van der Waals surface area contributed by atoms with Gasteiger partial charge in [0, 0.05) is 13.1 Å². The second kappa shape index (κ2) is 8.44. The van der Waals surface area contributed by atoms with Gasteiger partial charge in [-0.15, -0.1) is 0 Å². The molecule has 118 valence electrons. The molecule has 0 bridgehead atoms. The Bertz CT molecular complexity index is 534. The Hall–Kier alpha value is -2.00. The van der Waals surface area contributed by atoms with E-state index >= 15 is 0 Å². The van der Waals surface area contributed by atoms with E-state index in [-0.39, 0.29) is 0 Å². The number of nitrogens with zero attached hydrogens (tertiary/aromatic N) is 1. The zero-order valence-corrected chi connectivity index (χ0v) is 13.2. The first-order valence-electron chi connectivity index (χ1n) is 7.95. The second-order valence-electron chi connectivity index (χ2n) is 5.68. The number of phenolic OH excluding ortho intramolecular Hbond substituents is 2. The van der Waals surface area contributed by atoms with Crippen LogP contribution in [0.2, 0.25) is 0 Å². The summed E-state index contributed by atoms with van der Waals surface area (Å²) in [5.41, 5.74) is 2.33. The topological polar surface area (TPSA) is 43.7 Å². The van der Waals surface area contributed by atoms with E-state index in [9.17, 15) is 10.2 Å². The van der Waals surface area contributed by atoms with Crippen molar-refractivity contribution >= 4 is 0 Å². The van der Waals surface area contributed by atoms with Crippen molar-refractivity contribution in [2.75, 3.05) is 19.6 Å². The van der Waals surface area contributed by atoms with E-state index in [1.807, 2.05) is 24.3 Å². The number of phenols is 2. The molecule has 0 spiro atoms. The normalized spacial score (nSPS) is 11.0. The van der Waals surface area contributed by atoms with E-state index in [0.29, 0.717) is 11.5 Å². The van der Waals surface area contributed by atoms with E-state index in [2.05, 4.69) is 24.0 Å². The lowest BCUT2D eigenvalue weighted by Crippen LogP contribution is -2.29. The number of rotatable bonds is 8. The van der Waals surface area contributed by atoms with Crippen molar-refractivity contribution in [3.63, 3.8) is 0 Å². The summed E-state index contributed by atoms with van der Waals surface area (Å²) < 4.78 is 0. The van der Waals surface area contributed by atoms with Crippen LogP contribution in [0, 0.1) is 0 Å². The van der Waals surface area contributed by atoms with Crippen LogP contribution < -0.4 is 0 Å². The number of hydrogen-bond acceptors (Lipinski definition) is 3. The lowest BCUT2D eigenvalue weighted by molar-refractivity contribution is 0.281. The van der Waals surface area contributed by atoms with E-state index in [0.717, 1.165) is 38.9 Å². The standard InChI is InChI=1S/C19H25NO2/c1-2-11-20(12-9-16-5-3-7-18(21)14-16)13-10-17-6-4-8-19(22)15-17/h3-8,14-15,21-22H,2,9-13H2,1H3. The third-order valence-corrected chi connectivity index (χ3v) is 3.79. The molecule has 2 aromatic carbocycles. The first-order valence-corrected chi connectivity index (χ1v) is 7.95. The molecule has 0 fully saturated rings. The smallest absolute Gasteiger partial charge is 0.115 e. The molecule has 2 N–H and O–H groups in total. The van der Waals surface area contributed by atoms with Gasteiger partial charge in [-0.25, -0.2) is 0 Å². The molecule has 0 atom stereocenters. The van der Waals surface area contributed by atoms with Gasteiger partial charge in [-0.05, 0) is 61.2 Å². The van der Waals surface area contributed by atoms with E-state index in [1.165, 1.54) is 11.1 Å². The molecule has 3 heteroatoms. The molecule has 2 rings (SSSR count). The second-order valence-corrected chi connectivity index (χ2v) is 5.68. The zero-order valence-electron chi connectivity index (χ0n) is 13.2. The van der Waals surface area contributed by atoms with Gasteiger partial charge in [0.15, 0.2) is 0 Å². The Kier molecular flexibility index (Phi) is 6.28. The van der Waals surface area contributed by atoms with Crippen molar-refractivity contribution in [3.8, 4) is 11.5 Å². The molecule has 0 aliphatic heterocycles. The molecule has 0 aromatic heterocycles. The minimum atomic E-state index is 0.333. The summed E-state index contributed by atoms with van der Waals surface area (Å²) in [5, 5.41) is 19.0. The summed E-state index contributed by atoms with van der Waals surface area (Å²) in [6.45, 7) is 5.22. The molecule has 2 aromatic rings. The van der Waals surface area contributed by atoms with Crippen LogP contribution in [-0.4, -0.2) is 34.7 Å². The minimum Gasteiger partial charge on any atom is -0.508 e. The molecular weight excluding hydrogens is 274 g/mol. The van der Waals surface area contributed by atoms with Crippen LogP contribution in [0.1, 0.15) is 24.5 Å². The highest BCUT2D eigenvalue weighted by molar-refractivity contribution is 5.28. The molecule has 22 heavy (non-hydrogen) atoms. The van der Waals surface area contributed by atoms with Crippen molar-refractivity contribution in [3.05, 3.63) is 59.7 Å². The van der Waals surface area contributed by atoms with Crippen LogP contribution >= 0.6 is 0 Å². The molecule has 0 aliphatic rings. The first kappa shape index (κ1) is 16.4. The maximum Gasteiger partial charge on any atom is 0.115 e. The molecule has 0 radical (unpaired) electrons. The Morgan fingerprint density at radius 2 is 1.27 bits per heavy atom. The Balaban J connectivity index is 1.86. The summed E-state index contributed by atoms with van der Waals surface area (Å²) in [5.74, 6) is 0.665. The third-order valence-electron chi connectivity index (χ3n) is 3.79. The van der Waals surface area contributed by atoms with Gasteiger partial charge in [-0.3, -0.25) is 0 Å². The van der Waals surface area contributed by atoms with Gasteiger partial charge in [0.1, 0.15) is 11.5 Å². The molecule has 0 saturated heterocycles. The highest BCUT2D eigenvalue weighted by Gasteiger charge is 2.06. The van der Waals surface area contributed by atoms with Crippen LogP contribution in [0.3, 0.4) is 0 Å². The average molecular weight is 299 g/mol. The van der Waals surface area contributed by atoms with Gasteiger partial charge in [0.25, 0.3) is 0 Å². The quantitative estimate of drug-likeness (QED) is 0.783. The summed E-state index contributed by atoms with van der Waals surface area (Å²) in [7, 11) is 0. The maximum atomic E-state index is 9.52. The molecule has 0 unspecified atom stereocenters. The van der Waals surface area contributed by atoms with Crippen molar-refractivity contribution in [1.82, 2.24) is 4.90 Å². The fourth-order valence-electron chi connectivity index (χ4n) is 2.65. The molecule has 0 aliphatic carbocycles. The van der Waals surface area contributed by atoms with Gasteiger partial charge >= 0.3 is 0 Å². The highest BCUT2D eigenvalue weighted by atomic mass is 16.3. The SMILES string of the molecule is CCCN(CCc1cccc(O)c1)CCc1cccc(O)c1. The Morgan fingerprint density at radius 3 is 1.68 bits per heavy atom. The molecule has 0 saturated carbocycles. The first-order chi connectivity index (χ1) is 10.7. The van der Waals surface area contributed by atoms with Gasteiger partial charge in [0.2, 0.25) is 0 Å². The molecule has 3 nitrogen and oxygen atoms in total. The molecular formula is C19H25NO2.